The normalized spacial score (nSPS) is 44.3. The van der Waals surface area contributed by atoms with Crippen LogP contribution in [-0.4, -0.2) is 58.1 Å². The van der Waals surface area contributed by atoms with Gasteiger partial charge in [0.1, 0.15) is 29.0 Å². The third-order valence-corrected chi connectivity index (χ3v) is 8.39. The molecule has 1 aliphatic carbocycles. The fourth-order valence-corrected chi connectivity index (χ4v) is 7.09. The van der Waals surface area contributed by atoms with E-state index in [1.54, 1.807) is 6.92 Å². The molecule has 2 bridgehead atoms. The zero-order chi connectivity index (χ0) is 25.6. The highest BCUT2D eigenvalue weighted by atomic mass is 16.6. The van der Waals surface area contributed by atoms with Gasteiger partial charge in [-0.05, 0) is 58.3 Å². The van der Waals surface area contributed by atoms with Crippen LogP contribution in [0.5, 0.6) is 0 Å². The first-order valence-corrected chi connectivity index (χ1v) is 12.5. The molecule has 0 aromatic carbocycles. The zero-order valence-electron chi connectivity index (χ0n) is 21.9. The Kier molecular flexibility index (Phi) is 7.46. The summed E-state index contributed by atoms with van der Waals surface area (Å²) in [6.45, 7) is 14.0. The molecular formula is C26H42O8. The van der Waals surface area contributed by atoms with Crippen molar-refractivity contribution in [2.75, 3.05) is 0 Å². The SMILES string of the molecule is CC(=O)O[C@@H]1CC[C@](C)(OC(C)=O)[C@@H]2O[C@H](C[C@@]1(C)O)[C@H]1[C@@H]2[C@H](C(C)C)CC[C@]1(C)OC(C)=O. The van der Waals surface area contributed by atoms with E-state index in [0.29, 0.717) is 25.2 Å². The molecule has 8 heteroatoms. The maximum atomic E-state index is 12.2. The van der Waals surface area contributed by atoms with Crippen molar-refractivity contribution in [2.45, 2.75) is 123 Å². The van der Waals surface area contributed by atoms with Gasteiger partial charge in [0.25, 0.3) is 0 Å². The molecule has 2 aliphatic heterocycles. The highest BCUT2D eigenvalue weighted by Crippen LogP contribution is 2.58. The Morgan fingerprint density at radius 1 is 0.912 bits per heavy atom. The molecule has 0 unspecified atom stereocenters. The summed E-state index contributed by atoms with van der Waals surface area (Å²) in [5, 5.41) is 11.5. The summed E-state index contributed by atoms with van der Waals surface area (Å²) in [4.78, 5) is 36.2. The van der Waals surface area contributed by atoms with E-state index < -0.39 is 47.1 Å². The number of hydrogen-bond acceptors (Lipinski definition) is 8. The minimum Gasteiger partial charge on any atom is -0.460 e. The summed E-state index contributed by atoms with van der Waals surface area (Å²) < 4.78 is 24.2. The minimum atomic E-state index is -1.38. The van der Waals surface area contributed by atoms with Gasteiger partial charge in [-0.15, -0.1) is 0 Å². The van der Waals surface area contributed by atoms with Crippen molar-refractivity contribution >= 4 is 17.9 Å². The van der Waals surface area contributed by atoms with E-state index in [1.807, 2.05) is 13.8 Å². The van der Waals surface area contributed by atoms with Crippen LogP contribution in [0.3, 0.4) is 0 Å². The average Bonchev–Trinajstić information content (AvgIpc) is 3.04. The van der Waals surface area contributed by atoms with Crippen LogP contribution in [0.4, 0.5) is 0 Å². The number of aliphatic hydroxyl groups is 1. The van der Waals surface area contributed by atoms with Crippen molar-refractivity contribution in [1.29, 1.82) is 0 Å². The molecule has 0 amide bonds. The minimum absolute atomic E-state index is 0.0338. The Morgan fingerprint density at radius 3 is 2.00 bits per heavy atom. The maximum Gasteiger partial charge on any atom is 0.303 e. The van der Waals surface area contributed by atoms with Crippen LogP contribution in [0.15, 0.2) is 0 Å². The van der Waals surface area contributed by atoms with E-state index in [0.717, 1.165) is 6.42 Å². The monoisotopic (exact) mass is 482 g/mol. The lowest BCUT2D eigenvalue weighted by atomic mass is 9.57. The molecule has 1 saturated carbocycles. The van der Waals surface area contributed by atoms with Gasteiger partial charge in [-0.2, -0.15) is 0 Å². The van der Waals surface area contributed by atoms with Crippen LogP contribution >= 0.6 is 0 Å². The molecule has 8 nitrogen and oxygen atoms in total. The smallest absolute Gasteiger partial charge is 0.303 e. The average molecular weight is 483 g/mol. The molecule has 2 heterocycles. The van der Waals surface area contributed by atoms with Gasteiger partial charge < -0.3 is 24.1 Å². The second-order valence-electron chi connectivity index (χ2n) is 11.7. The molecule has 0 spiro atoms. The van der Waals surface area contributed by atoms with Crippen LogP contribution in [0, 0.1) is 23.7 Å². The highest BCUT2D eigenvalue weighted by molar-refractivity contribution is 5.67. The number of carbonyl (C=O) groups is 3. The molecular weight excluding hydrogens is 440 g/mol. The van der Waals surface area contributed by atoms with Crippen molar-refractivity contribution in [3.63, 3.8) is 0 Å². The van der Waals surface area contributed by atoms with Gasteiger partial charge in [0, 0.05) is 39.0 Å². The van der Waals surface area contributed by atoms with Crippen LogP contribution in [0.25, 0.3) is 0 Å². The van der Waals surface area contributed by atoms with Crippen LogP contribution in [0.2, 0.25) is 0 Å². The lowest BCUT2D eigenvalue weighted by Gasteiger charge is -2.51. The molecule has 0 aromatic rings. The van der Waals surface area contributed by atoms with Gasteiger partial charge in [0.15, 0.2) is 0 Å². The van der Waals surface area contributed by atoms with E-state index >= 15 is 0 Å². The molecule has 0 radical (unpaired) electrons. The summed E-state index contributed by atoms with van der Waals surface area (Å²) >= 11 is 0. The molecule has 3 rings (SSSR count). The highest BCUT2D eigenvalue weighted by Gasteiger charge is 2.65. The molecule has 2 saturated heterocycles. The van der Waals surface area contributed by atoms with Crippen LogP contribution in [-0.2, 0) is 33.3 Å². The second-order valence-corrected chi connectivity index (χ2v) is 11.7. The number of rotatable bonds is 4. The Hall–Kier alpha value is -1.67. The van der Waals surface area contributed by atoms with E-state index in [9.17, 15) is 19.5 Å². The molecule has 3 fully saturated rings. The third kappa shape index (κ3) is 5.13. The van der Waals surface area contributed by atoms with Crippen molar-refractivity contribution in [2.24, 2.45) is 23.7 Å². The Bertz CT molecular complexity index is 807. The Labute approximate surface area is 203 Å². The van der Waals surface area contributed by atoms with E-state index in [1.165, 1.54) is 20.8 Å². The van der Waals surface area contributed by atoms with Gasteiger partial charge in [0.05, 0.1) is 6.10 Å². The molecule has 34 heavy (non-hydrogen) atoms. The fourth-order valence-electron chi connectivity index (χ4n) is 7.09. The summed E-state index contributed by atoms with van der Waals surface area (Å²) in [6.07, 6.45) is 0.736. The summed E-state index contributed by atoms with van der Waals surface area (Å²) in [7, 11) is 0. The van der Waals surface area contributed by atoms with Crippen molar-refractivity contribution in [1.82, 2.24) is 0 Å². The summed E-state index contributed by atoms with van der Waals surface area (Å²) in [5.41, 5.74) is -3.16. The van der Waals surface area contributed by atoms with Gasteiger partial charge in [-0.3, -0.25) is 14.4 Å². The molecule has 1 N–H and O–H groups in total. The van der Waals surface area contributed by atoms with Crippen molar-refractivity contribution in [3.8, 4) is 0 Å². The second kappa shape index (κ2) is 9.41. The Balaban J connectivity index is 2.16. The van der Waals surface area contributed by atoms with Gasteiger partial charge >= 0.3 is 17.9 Å². The number of fused-ring (bicyclic) bond motifs is 5. The molecule has 9 atom stereocenters. The predicted octanol–water partition coefficient (Wildman–Crippen LogP) is 3.56. The summed E-state index contributed by atoms with van der Waals surface area (Å²) in [5.74, 6) is -0.879. The topological polar surface area (TPSA) is 108 Å². The first kappa shape index (κ1) is 26.9. The van der Waals surface area contributed by atoms with Crippen molar-refractivity contribution in [3.05, 3.63) is 0 Å². The number of esters is 3. The number of ether oxygens (including phenoxy) is 4. The zero-order valence-corrected chi connectivity index (χ0v) is 21.9. The molecule has 0 aromatic heterocycles. The first-order valence-electron chi connectivity index (χ1n) is 12.5. The van der Waals surface area contributed by atoms with Crippen LogP contribution in [0.1, 0.15) is 87.5 Å². The molecule has 194 valence electrons. The number of hydrogen-bond donors (Lipinski definition) is 1. The van der Waals surface area contributed by atoms with Gasteiger partial charge in [0.2, 0.25) is 0 Å². The Morgan fingerprint density at radius 2 is 1.47 bits per heavy atom. The third-order valence-electron chi connectivity index (χ3n) is 8.39. The first-order chi connectivity index (χ1) is 15.6. The lowest BCUT2D eigenvalue weighted by molar-refractivity contribution is -0.185. The summed E-state index contributed by atoms with van der Waals surface area (Å²) in [6, 6.07) is 0. The van der Waals surface area contributed by atoms with Gasteiger partial charge in [-0.25, -0.2) is 0 Å². The van der Waals surface area contributed by atoms with Crippen molar-refractivity contribution < 1.29 is 38.4 Å². The van der Waals surface area contributed by atoms with Gasteiger partial charge in [-0.1, -0.05) is 13.8 Å². The lowest BCUT2D eigenvalue weighted by Crippen LogP contribution is -2.58. The fraction of sp³-hybridized carbons (Fsp3) is 0.885. The molecule has 3 aliphatic rings. The van der Waals surface area contributed by atoms with Crippen LogP contribution < -0.4 is 0 Å². The maximum absolute atomic E-state index is 12.2. The van der Waals surface area contributed by atoms with E-state index in [2.05, 4.69) is 13.8 Å². The number of carbonyl (C=O) groups excluding carboxylic acids is 3. The van der Waals surface area contributed by atoms with E-state index in [4.69, 9.17) is 18.9 Å². The standard InChI is InChI=1S/C26H42O8/c1-14(2)18-9-11-25(7,33-16(4)28)22-19-13-24(6,30)20(31-15(3)27)10-12-26(8,34-17(5)29)23(32-19)21(18)22/h14,18-23,30H,9-13H2,1-8H3/t18-,19+,20+,21-,22-,23+,24+,25-,26-/m0/s1. The largest absolute Gasteiger partial charge is 0.460 e. The quantitative estimate of drug-likeness (QED) is 0.479. The van der Waals surface area contributed by atoms with E-state index in [-0.39, 0.29) is 30.1 Å². The predicted molar refractivity (Wildman–Crippen MR) is 124 cm³/mol.